The number of fused-ring (bicyclic) bond motifs is 1. The van der Waals surface area contributed by atoms with E-state index in [0.717, 1.165) is 62.3 Å². The van der Waals surface area contributed by atoms with Gasteiger partial charge in [-0.05, 0) is 107 Å². The number of piperidine rings is 1. The fourth-order valence-electron chi connectivity index (χ4n) is 6.26. The zero-order valence-corrected chi connectivity index (χ0v) is 22.6. The van der Waals surface area contributed by atoms with Crippen molar-refractivity contribution in [2.24, 2.45) is 23.5 Å². The van der Waals surface area contributed by atoms with Crippen molar-refractivity contribution in [2.75, 3.05) is 26.2 Å². The number of rotatable bonds is 8. The number of hydrogen-bond acceptors (Lipinski definition) is 6. The van der Waals surface area contributed by atoms with E-state index >= 15 is 0 Å². The van der Waals surface area contributed by atoms with Crippen LogP contribution in [0.1, 0.15) is 60.9 Å². The molecule has 214 valence electrons. The zero-order valence-electron chi connectivity index (χ0n) is 22.6. The highest BCUT2D eigenvalue weighted by Gasteiger charge is 2.45. The summed E-state index contributed by atoms with van der Waals surface area (Å²) in [4.78, 5) is 40.5. The van der Waals surface area contributed by atoms with Crippen LogP contribution < -0.4 is 10.5 Å². The van der Waals surface area contributed by atoms with Crippen molar-refractivity contribution in [3.8, 4) is 5.75 Å². The number of hydrogen-bond donors (Lipinski definition) is 1. The average Bonchev–Trinajstić information content (AvgIpc) is 2.97. The van der Waals surface area contributed by atoms with Crippen LogP contribution >= 0.6 is 0 Å². The standard InChI is InChI=1S/C31H36F2N2O5/c32-25-6-5-23(18-26(25)33)28(36)21-10-15-35(16-11-21)14-9-20-7-12-31(13-8-20,30(34)38)40-29(37)24-17-22-3-1-2-4-27(22)39-19-24/h1-6,18,20-21,24H,7-17,19H2,(H2,34,38). The lowest BCUT2D eigenvalue weighted by Crippen LogP contribution is -2.51. The second kappa shape index (κ2) is 12.0. The van der Waals surface area contributed by atoms with E-state index in [-0.39, 0.29) is 23.9 Å². The molecule has 1 unspecified atom stereocenters. The largest absolute Gasteiger partial charge is 0.492 e. The SMILES string of the molecule is NC(=O)C1(OC(=O)C2COc3ccccc3C2)CCC(CCN2CCC(C(=O)c3ccc(F)c(F)c3)CC2)CC1. The lowest BCUT2D eigenvalue weighted by molar-refractivity contribution is -0.177. The van der Waals surface area contributed by atoms with Crippen LogP contribution in [0.5, 0.6) is 5.75 Å². The van der Waals surface area contributed by atoms with Crippen molar-refractivity contribution >= 4 is 17.7 Å². The van der Waals surface area contributed by atoms with Gasteiger partial charge in [0.05, 0.1) is 5.92 Å². The highest BCUT2D eigenvalue weighted by molar-refractivity contribution is 5.97. The number of likely N-dealkylation sites (tertiary alicyclic amines) is 1. The number of esters is 1. The van der Waals surface area contributed by atoms with Crippen molar-refractivity contribution < 1.29 is 32.6 Å². The molecule has 0 spiro atoms. The quantitative estimate of drug-likeness (QED) is 0.382. The number of para-hydroxylation sites is 1. The second-order valence-electron chi connectivity index (χ2n) is 11.4. The molecule has 9 heteroatoms. The first-order valence-electron chi connectivity index (χ1n) is 14.2. The van der Waals surface area contributed by atoms with E-state index in [1.54, 1.807) is 0 Å². The Morgan fingerprint density at radius 2 is 1.70 bits per heavy atom. The fourth-order valence-corrected chi connectivity index (χ4v) is 6.26. The fraction of sp³-hybridized carbons (Fsp3) is 0.516. The summed E-state index contributed by atoms with van der Waals surface area (Å²) in [6, 6.07) is 10.9. The third-order valence-corrected chi connectivity index (χ3v) is 8.89. The van der Waals surface area contributed by atoms with E-state index < -0.39 is 35.0 Å². The molecular formula is C31H36F2N2O5. The molecule has 40 heavy (non-hydrogen) atoms. The summed E-state index contributed by atoms with van der Waals surface area (Å²) in [5.74, 6) is -2.62. The van der Waals surface area contributed by atoms with Gasteiger partial charge in [-0.3, -0.25) is 14.4 Å². The van der Waals surface area contributed by atoms with Crippen LogP contribution in [-0.4, -0.2) is 54.4 Å². The normalized spacial score (nSPS) is 25.4. The van der Waals surface area contributed by atoms with Crippen molar-refractivity contribution in [3.05, 3.63) is 65.2 Å². The van der Waals surface area contributed by atoms with Gasteiger partial charge in [0.15, 0.2) is 23.0 Å². The van der Waals surface area contributed by atoms with Crippen molar-refractivity contribution in [3.63, 3.8) is 0 Å². The maximum absolute atomic E-state index is 13.5. The second-order valence-corrected chi connectivity index (χ2v) is 11.4. The number of nitrogens with two attached hydrogens (primary N) is 1. The Kier molecular flexibility index (Phi) is 8.49. The number of carbonyl (C=O) groups is 3. The highest BCUT2D eigenvalue weighted by atomic mass is 19.2. The van der Waals surface area contributed by atoms with Crippen molar-refractivity contribution in [1.29, 1.82) is 0 Å². The molecule has 2 aromatic rings. The van der Waals surface area contributed by atoms with Gasteiger partial charge in [0.25, 0.3) is 5.91 Å². The lowest BCUT2D eigenvalue weighted by atomic mass is 9.76. The van der Waals surface area contributed by atoms with Crippen LogP contribution in [0.4, 0.5) is 8.78 Å². The number of Topliss-reactive ketones (excluding diaryl/α,β-unsaturated/α-hetero) is 1. The average molecular weight is 555 g/mol. The topological polar surface area (TPSA) is 98.9 Å². The van der Waals surface area contributed by atoms with E-state index in [1.807, 2.05) is 24.3 Å². The minimum absolute atomic E-state index is 0.132. The Balaban J connectivity index is 1.07. The van der Waals surface area contributed by atoms with Gasteiger partial charge < -0.3 is 20.1 Å². The molecule has 3 aliphatic rings. The summed E-state index contributed by atoms with van der Waals surface area (Å²) in [6.45, 7) is 2.62. The predicted octanol–water partition coefficient (Wildman–Crippen LogP) is 4.46. The van der Waals surface area contributed by atoms with Crippen molar-refractivity contribution in [2.45, 2.75) is 57.0 Å². The first kappa shape index (κ1) is 28.2. The number of ether oxygens (including phenoxy) is 2. The van der Waals surface area contributed by atoms with Gasteiger partial charge in [0.2, 0.25) is 0 Å². The number of halogens is 2. The molecular weight excluding hydrogens is 518 g/mol. The van der Waals surface area contributed by atoms with Gasteiger partial charge in [-0.15, -0.1) is 0 Å². The maximum atomic E-state index is 13.5. The molecule has 2 fully saturated rings. The molecule has 1 saturated carbocycles. The van der Waals surface area contributed by atoms with Gasteiger partial charge >= 0.3 is 5.97 Å². The Bertz CT molecular complexity index is 1250. The zero-order chi connectivity index (χ0) is 28.3. The molecule has 7 nitrogen and oxygen atoms in total. The molecule has 1 saturated heterocycles. The Labute approximate surface area is 233 Å². The third-order valence-electron chi connectivity index (χ3n) is 8.89. The minimum Gasteiger partial charge on any atom is -0.492 e. The summed E-state index contributed by atoms with van der Waals surface area (Å²) in [5, 5.41) is 0. The number of ketones is 1. The highest BCUT2D eigenvalue weighted by Crippen LogP contribution is 2.38. The Hall–Kier alpha value is -3.33. The first-order chi connectivity index (χ1) is 19.2. The monoisotopic (exact) mass is 554 g/mol. The van der Waals surface area contributed by atoms with Crippen LogP contribution in [0.15, 0.2) is 42.5 Å². The van der Waals surface area contributed by atoms with Gasteiger partial charge in [-0.2, -0.15) is 0 Å². The molecule has 2 aromatic carbocycles. The van der Waals surface area contributed by atoms with Crippen LogP contribution in [0, 0.1) is 29.4 Å². The summed E-state index contributed by atoms with van der Waals surface area (Å²) in [6.07, 6.45) is 5.11. The van der Waals surface area contributed by atoms with Gasteiger partial charge in [-0.1, -0.05) is 18.2 Å². The Morgan fingerprint density at radius 1 is 0.975 bits per heavy atom. The van der Waals surface area contributed by atoms with Gasteiger partial charge in [-0.25, -0.2) is 8.78 Å². The third kappa shape index (κ3) is 6.19. The molecule has 1 aliphatic carbocycles. The minimum atomic E-state index is -1.27. The Morgan fingerprint density at radius 3 is 2.40 bits per heavy atom. The molecule has 0 bridgehead atoms. The summed E-state index contributed by atoms with van der Waals surface area (Å²) < 4.78 is 38.3. The number of carbonyl (C=O) groups excluding carboxylic acids is 3. The van der Waals surface area contributed by atoms with E-state index in [9.17, 15) is 23.2 Å². The molecule has 2 aliphatic heterocycles. The number of amides is 1. The van der Waals surface area contributed by atoms with E-state index in [4.69, 9.17) is 15.2 Å². The number of nitrogens with zero attached hydrogens (tertiary/aromatic N) is 1. The number of benzene rings is 2. The van der Waals surface area contributed by atoms with Crippen molar-refractivity contribution in [1.82, 2.24) is 4.90 Å². The molecule has 1 amide bonds. The molecule has 5 rings (SSSR count). The lowest BCUT2D eigenvalue weighted by Gasteiger charge is -2.39. The van der Waals surface area contributed by atoms with Crippen LogP contribution in [0.3, 0.4) is 0 Å². The van der Waals surface area contributed by atoms with E-state index in [1.165, 1.54) is 6.07 Å². The molecule has 0 aromatic heterocycles. The van der Waals surface area contributed by atoms with Crippen LogP contribution in [0.2, 0.25) is 0 Å². The smallest absolute Gasteiger partial charge is 0.313 e. The molecule has 2 heterocycles. The summed E-state index contributed by atoms with van der Waals surface area (Å²) >= 11 is 0. The van der Waals surface area contributed by atoms with E-state index in [0.29, 0.717) is 38.0 Å². The molecule has 2 N–H and O–H groups in total. The molecule has 1 atom stereocenters. The number of primary amides is 1. The predicted molar refractivity (Wildman–Crippen MR) is 144 cm³/mol. The maximum Gasteiger partial charge on any atom is 0.313 e. The van der Waals surface area contributed by atoms with Gasteiger partial charge in [0, 0.05) is 11.5 Å². The van der Waals surface area contributed by atoms with Gasteiger partial charge in [0.1, 0.15) is 12.4 Å². The van der Waals surface area contributed by atoms with E-state index in [2.05, 4.69) is 4.90 Å². The summed E-state index contributed by atoms with van der Waals surface area (Å²) in [5.41, 5.74) is 5.66. The van der Waals surface area contributed by atoms with Crippen LogP contribution in [-0.2, 0) is 20.7 Å². The summed E-state index contributed by atoms with van der Waals surface area (Å²) in [7, 11) is 0. The molecule has 0 radical (unpaired) electrons. The first-order valence-corrected chi connectivity index (χ1v) is 14.2. The van der Waals surface area contributed by atoms with Crippen LogP contribution in [0.25, 0.3) is 0 Å².